The van der Waals surface area contributed by atoms with E-state index in [4.69, 9.17) is 10.5 Å². The molecule has 8 heteroatoms. The Kier molecular flexibility index (Phi) is 7.38. The first-order valence-electron chi connectivity index (χ1n) is 9.58. The fourth-order valence-electron chi connectivity index (χ4n) is 2.45. The number of nitrogens with one attached hydrogen (secondary N) is 1. The van der Waals surface area contributed by atoms with Crippen LogP contribution in [0.2, 0.25) is 0 Å². The van der Waals surface area contributed by atoms with E-state index in [1.165, 1.54) is 11.3 Å². The van der Waals surface area contributed by atoms with Crippen molar-refractivity contribution in [3.8, 4) is 21.1 Å². The fourth-order valence-corrected chi connectivity index (χ4v) is 4.07. The number of amides is 1. The zero-order valence-corrected chi connectivity index (χ0v) is 19.2. The third kappa shape index (κ3) is 7.20. The molecule has 3 N–H and O–H groups in total. The number of carbonyl (C=O) groups excluding carboxylic acids is 1. The van der Waals surface area contributed by atoms with E-state index in [2.05, 4.69) is 15.3 Å². The first-order valence-corrected chi connectivity index (χ1v) is 11.2. The van der Waals surface area contributed by atoms with Gasteiger partial charge in [-0.1, -0.05) is 12.1 Å². The van der Waals surface area contributed by atoms with Gasteiger partial charge in [0, 0.05) is 12.4 Å². The Balaban J connectivity index is 0.000000194. The van der Waals surface area contributed by atoms with E-state index in [9.17, 15) is 4.79 Å². The summed E-state index contributed by atoms with van der Waals surface area (Å²) in [5, 5.41) is 4.29. The van der Waals surface area contributed by atoms with Gasteiger partial charge in [-0.2, -0.15) is 0 Å². The maximum Gasteiger partial charge on any atom is 0.412 e. The van der Waals surface area contributed by atoms with Crippen molar-refractivity contribution in [1.29, 1.82) is 0 Å². The lowest BCUT2D eigenvalue weighted by Crippen LogP contribution is -2.26. The van der Waals surface area contributed by atoms with Crippen LogP contribution < -0.4 is 11.1 Å². The number of ether oxygens (including phenoxy) is 1. The molecule has 4 rings (SSSR count). The summed E-state index contributed by atoms with van der Waals surface area (Å²) in [4.78, 5) is 22.2. The van der Waals surface area contributed by atoms with E-state index >= 15 is 0 Å². The molecule has 0 aliphatic heterocycles. The quantitative estimate of drug-likeness (QED) is 0.368. The molecule has 0 radical (unpaired) electrons. The Morgan fingerprint density at radius 2 is 1.45 bits per heavy atom. The van der Waals surface area contributed by atoms with E-state index in [1.807, 2.05) is 81.4 Å². The molecule has 0 bridgehead atoms. The van der Waals surface area contributed by atoms with Gasteiger partial charge in [-0.3, -0.25) is 15.3 Å². The molecule has 0 fully saturated rings. The van der Waals surface area contributed by atoms with Gasteiger partial charge in [0.25, 0.3) is 0 Å². The number of nitrogens with zero attached hydrogens (tertiary/aromatic N) is 2. The normalized spacial score (nSPS) is 10.7. The van der Waals surface area contributed by atoms with Crippen molar-refractivity contribution in [3.05, 3.63) is 73.1 Å². The molecule has 0 atom stereocenters. The second-order valence-electron chi connectivity index (χ2n) is 7.42. The molecule has 0 aliphatic rings. The van der Waals surface area contributed by atoms with Crippen LogP contribution in [0.15, 0.2) is 73.1 Å². The third-order valence-corrected chi connectivity index (χ3v) is 5.65. The predicted molar refractivity (Wildman–Crippen MR) is 129 cm³/mol. The van der Waals surface area contributed by atoms with Gasteiger partial charge in [0.15, 0.2) is 0 Å². The second-order valence-corrected chi connectivity index (χ2v) is 9.62. The molecule has 4 aromatic heterocycles. The number of anilines is 2. The summed E-state index contributed by atoms with van der Waals surface area (Å²) in [5.41, 5.74) is 6.99. The summed E-state index contributed by atoms with van der Waals surface area (Å²) in [6, 6.07) is 19.3. The van der Waals surface area contributed by atoms with Crippen LogP contribution in [0.25, 0.3) is 21.1 Å². The van der Waals surface area contributed by atoms with Crippen LogP contribution >= 0.6 is 22.7 Å². The third-order valence-electron chi connectivity index (χ3n) is 3.69. The molecule has 160 valence electrons. The standard InChI is InChI=1S/C14H16N2O2S.C9H8N2S/c1-14(2,3)18-13(17)16-12-8-7-11(19-12)10-6-4-5-9-15-10;10-9-5-4-8(12-9)7-3-1-2-6-11-7/h4-9H,1-3H3,(H,16,17);1-6H,10H2. The smallest absolute Gasteiger partial charge is 0.412 e. The predicted octanol–water partition coefficient (Wildman–Crippen LogP) is 6.55. The van der Waals surface area contributed by atoms with E-state index in [0.29, 0.717) is 0 Å². The van der Waals surface area contributed by atoms with Crippen molar-refractivity contribution in [3.63, 3.8) is 0 Å². The first kappa shape index (κ1) is 22.5. The average molecular weight is 453 g/mol. The van der Waals surface area contributed by atoms with Crippen molar-refractivity contribution >= 4 is 38.8 Å². The average Bonchev–Trinajstić information content (AvgIpc) is 3.38. The summed E-state index contributed by atoms with van der Waals surface area (Å²) >= 11 is 3.02. The Morgan fingerprint density at radius 3 is 1.94 bits per heavy atom. The second kappa shape index (κ2) is 10.2. The number of thiophene rings is 2. The SMILES string of the molecule is CC(C)(C)OC(=O)Nc1ccc(-c2ccccn2)s1.Nc1ccc(-c2ccccn2)s1. The minimum Gasteiger partial charge on any atom is -0.444 e. The van der Waals surface area contributed by atoms with Gasteiger partial charge >= 0.3 is 6.09 Å². The highest BCUT2D eigenvalue weighted by Crippen LogP contribution is 2.30. The lowest BCUT2D eigenvalue weighted by molar-refractivity contribution is 0.0636. The van der Waals surface area contributed by atoms with Gasteiger partial charge < -0.3 is 10.5 Å². The highest BCUT2D eigenvalue weighted by molar-refractivity contribution is 7.19. The first-order chi connectivity index (χ1) is 14.8. The topological polar surface area (TPSA) is 90.1 Å². The maximum absolute atomic E-state index is 11.6. The van der Waals surface area contributed by atoms with E-state index in [0.717, 1.165) is 31.1 Å². The molecule has 6 nitrogen and oxygen atoms in total. The number of pyridine rings is 2. The Hall–Kier alpha value is -3.23. The van der Waals surface area contributed by atoms with E-state index in [-0.39, 0.29) is 0 Å². The van der Waals surface area contributed by atoms with Gasteiger partial charge in [-0.05, 0) is 69.3 Å². The largest absolute Gasteiger partial charge is 0.444 e. The van der Waals surface area contributed by atoms with E-state index < -0.39 is 11.7 Å². The molecular weight excluding hydrogens is 428 g/mol. The number of rotatable bonds is 3. The maximum atomic E-state index is 11.6. The number of hydrogen-bond acceptors (Lipinski definition) is 7. The molecule has 0 unspecified atom stereocenters. The molecular formula is C23H24N4O2S2. The lowest BCUT2D eigenvalue weighted by atomic mass is 10.2. The Bertz CT molecular complexity index is 1100. The molecule has 4 heterocycles. The van der Waals surface area contributed by atoms with Gasteiger partial charge in [0.05, 0.1) is 31.1 Å². The lowest BCUT2D eigenvalue weighted by Gasteiger charge is -2.19. The van der Waals surface area contributed by atoms with Gasteiger partial charge in [0.1, 0.15) is 5.60 Å². The molecule has 4 aromatic rings. The molecule has 0 spiro atoms. The number of hydrogen-bond donors (Lipinski definition) is 2. The van der Waals surface area contributed by atoms with Crippen molar-refractivity contribution < 1.29 is 9.53 Å². The summed E-state index contributed by atoms with van der Waals surface area (Å²) in [6.07, 6.45) is 3.09. The summed E-state index contributed by atoms with van der Waals surface area (Å²) in [6.45, 7) is 5.50. The minimum absolute atomic E-state index is 0.443. The monoisotopic (exact) mass is 452 g/mol. The van der Waals surface area contributed by atoms with Gasteiger partial charge in [0.2, 0.25) is 0 Å². The van der Waals surface area contributed by atoms with Crippen molar-refractivity contribution in [2.24, 2.45) is 0 Å². The number of nitrogens with two attached hydrogens (primary N) is 1. The van der Waals surface area contributed by atoms with Crippen LogP contribution in [0.1, 0.15) is 20.8 Å². The number of aromatic nitrogens is 2. The highest BCUT2D eigenvalue weighted by Gasteiger charge is 2.16. The molecule has 0 saturated carbocycles. The van der Waals surface area contributed by atoms with Crippen LogP contribution in [-0.2, 0) is 4.74 Å². The van der Waals surface area contributed by atoms with Gasteiger partial charge in [-0.25, -0.2) is 4.79 Å². The highest BCUT2D eigenvalue weighted by atomic mass is 32.1. The molecule has 0 aromatic carbocycles. The Morgan fingerprint density at radius 1 is 0.871 bits per heavy atom. The molecule has 0 saturated heterocycles. The van der Waals surface area contributed by atoms with Crippen molar-refractivity contribution in [2.45, 2.75) is 26.4 Å². The number of carbonyl (C=O) groups is 1. The van der Waals surface area contributed by atoms with Gasteiger partial charge in [-0.15, -0.1) is 22.7 Å². The summed E-state index contributed by atoms with van der Waals surface area (Å²) in [7, 11) is 0. The van der Waals surface area contributed by atoms with Crippen LogP contribution in [0, 0.1) is 0 Å². The van der Waals surface area contributed by atoms with Crippen LogP contribution in [-0.4, -0.2) is 21.7 Å². The molecule has 31 heavy (non-hydrogen) atoms. The Labute approximate surface area is 189 Å². The summed E-state index contributed by atoms with van der Waals surface area (Å²) < 4.78 is 5.20. The number of nitrogen functional groups attached to an aromatic ring is 1. The van der Waals surface area contributed by atoms with Crippen LogP contribution in [0.3, 0.4) is 0 Å². The van der Waals surface area contributed by atoms with Crippen molar-refractivity contribution in [1.82, 2.24) is 9.97 Å². The summed E-state index contributed by atoms with van der Waals surface area (Å²) in [5.74, 6) is 0. The zero-order valence-electron chi connectivity index (χ0n) is 17.5. The van der Waals surface area contributed by atoms with Crippen LogP contribution in [0.5, 0.6) is 0 Å². The molecule has 1 amide bonds. The van der Waals surface area contributed by atoms with Crippen LogP contribution in [0.4, 0.5) is 14.8 Å². The van der Waals surface area contributed by atoms with Crippen molar-refractivity contribution in [2.75, 3.05) is 11.1 Å². The minimum atomic E-state index is -0.495. The molecule has 0 aliphatic carbocycles. The van der Waals surface area contributed by atoms with E-state index in [1.54, 1.807) is 23.7 Å². The fraction of sp³-hybridized carbons (Fsp3) is 0.174. The zero-order chi connectivity index (χ0) is 22.3.